The molecular formula is C20H21N5OS. The van der Waals surface area contributed by atoms with E-state index in [4.69, 9.17) is 0 Å². The Bertz CT molecular complexity index is 899. The molecule has 0 radical (unpaired) electrons. The van der Waals surface area contributed by atoms with Crippen LogP contribution in [0.4, 0.5) is 5.69 Å². The molecule has 1 aliphatic rings. The zero-order valence-corrected chi connectivity index (χ0v) is 16.0. The van der Waals surface area contributed by atoms with E-state index in [1.807, 2.05) is 16.3 Å². The molecule has 1 saturated heterocycles. The van der Waals surface area contributed by atoms with Crippen LogP contribution < -0.4 is 4.90 Å². The Kier molecular flexibility index (Phi) is 5.11. The van der Waals surface area contributed by atoms with Crippen LogP contribution >= 0.6 is 11.3 Å². The summed E-state index contributed by atoms with van der Waals surface area (Å²) in [5.41, 5.74) is 2.40. The standard InChI is InChI=1S/C20H21N5OS/c1-2-15-13-24(16-6-4-3-5-7-16)10-11-25(15)20(26)18-14-27-19(23-18)17-12-21-8-9-22-17/h3-9,12,14-15H,2,10-11,13H2,1H3. The predicted octanol–water partition coefficient (Wildman–Crippen LogP) is 3.34. The van der Waals surface area contributed by atoms with Gasteiger partial charge in [-0.3, -0.25) is 14.8 Å². The summed E-state index contributed by atoms with van der Waals surface area (Å²) in [7, 11) is 0. The quantitative estimate of drug-likeness (QED) is 0.696. The smallest absolute Gasteiger partial charge is 0.273 e. The molecule has 1 amide bonds. The molecule has 1 aliphatic heterocycles. The number of benzene rings is 1. The molecule has 1 unspecified atom stereocenters. The number of rotatable bonds is 4. The average Bonchev–Trinajstić information content (AvgIpc) is 3.24. The summed E-state index contributed by atoms with van der Waals surface area (Å²) in [5.74, 6) is 0.000881. The van der Waals surface area contributed by atoms with Crippen LogP contribution in [0, 0.1) is 0 Å². The molecule has 1 aromatic carbocycles. The van der Waals surface area contributed by atoms with Crippen molar-refractivity contribution in [3.63, 3.8) is 0 Å². The molecule has 3 heterocycles. The molecule has 7 heteroatoms. The topological polar surface area (TPSA) is 62.2 Å². The molecule has 138 valence electrons. The normalized spacial score (nSPS) is 17.1. The van der Waals surface area contributed by atoms with Gasteiger partial charge in [-0.25, -0.2) is 4.98 Å². The van der Waals surface area contributed by atoms with Crippen molar-refractivity contribution in [2.45, 2.75) is 19.4 Å². The molecule has 4 rings (SSSR count). The Labute approximate surface area is 162 Å². The second kappa shape index (κ2) is 7.84. The Morgan fingerprint density at radius 1 is 1.22 bits per heavy atom. The number of hydrogen-bond acceptors (Lipinski definition) is 6. The monoisotopic (exact) mass is 379 g/mol. The molecule has 0 spiro atoms. The summed E-state index contributed by atoms with van der Waals surface area (Å²) in [6, 6.07) is 10.6. The third kappa shape index (κ3) is 3.68. The summed E-state index contributed by atoms with van der Waals surface area (Å²) < 4.78 is 0. The lowest BCUT2D eigenvalue weighted by Crippen LogP contribution is -2.55. The Hall–Kier alpha value is -2.80. The number of carbonyl (C=O) groups excluding carboxylic acids is 1. The highest BCUT2D eigenvalue weighted by Gasteiger charge is 2.31. The molecule has 1 fully saturated rings. The van der Waals surface area contributed by atoms with Gasteiger partial charge < -0.3 is 9.80 Å². The molecule has 3 aromatic rings. The summed E-state index contributed by atoms with van der Waals surface area (Å²) in [4.78, 5) is 30.2. The van der Waals surface area contributed by atoms with E-state index in [1.165, 1.54) is 17.0 Å². The number of thiazole rings is 1. The van der Waals surface area contributed by atoms with E-state index in [0.29, 0.717) is 17.9 Å². The van der Waals surface area contributed by atoms with Crippen LogP contribution in [0.1, 0.15) is 23.8 Å². The summed E-state index contributed by atoms with van der Waals surface area (Å²) >= 11 is 1.43. The molecule has 0 saturated carbocycles. The zero-order chi connectivity index (χ0) is 18.6. The second-order valence-corrected chi connectivity index (χ2v) is 7.33. The summed E-state index contributed by atoms with van der Waals surface area (Å²) in [6.45, 7) is 4.50. The van der Waals surface area contributed by atoms with E-state index in [-0.39, 0.29) is 11.9 Å². The van der Waals surface area contributed by atoms with Crippen molar-refractivity contribution in [2.24, 2.45) is 0 Å². The lowest BCUT2D eigenvalue weighted by atomic mass is 10.1. The van der Waals surface area contributed by atoms with Gasteiger partial charge in [-0.2, -0.15) is 0 Å². The van der Waals surface area contributed by atoms with Gasteiger partial charge in [0, 0.05) is 49.1 Å². The molecule has 2 aromatic heterocycles. The fourth-order valence-corrected chi connectivity index (χ4v) is 4.15. The van der Waals surface area contributed by atoms with E-state index in [2.05, 4.69) is 51.0 Å². The number of aromatic nitrogens is 3. The molecule has 0 aliphatic carbocycles. The van der Waals surface area contributed by atoms with Crippen molar-refractivity contribution in [3.8, 4) is 10.7 Å². The van der Waals surface area contributed by atoms with E-state index in [1.54, 1.807) is 18.6 Å². The first kappa shape index (κ1) is 17.6. The Balaban J connectivity index is 1.50. The minimum atomic E-state index is 0.000881. The first-order valence-corrected chi connectivity index (χ1v) is 9.97. The fraction of sp³-hybridized carbons (Fsp3) is 0.300. The lowest BCUT2D eigenvalue weighted by molar-refractivity contribution is 0.0646. The highest BCUT2D eigenvalue weighted by molar-refractivity contribution is 7.13. The maximum Gasteiger partial charge on any atom is 0.273 e. The van der Waals surface area contributed by atoms with Crippen molar-refractivity contribution in [2.75, 3.05) is 24.5 Å². The first-order chi connectivity index (χ1) is 13.3. The van der Waals surface area contributed by atoms with E-state index >= 15 is 0 Å². The van der Waals surface area contributed by atoms with Gasteiger partial charge >= 0.3 is 0 Å². The van der Waals surface area contributed by atoms with Gasteiger partial charge in [0.2, 0.25) is 0 Å². The van der Waals surface area contributed by atoms with Gasteiger partial charge in [-0.1, -0.05) is 25.1 Å². The van der Waals surface area contributed by atoms with Crippen LogP contribution in [0.2, 0.25) is 0 Å². The van der Waals surface area contributed by atoms with Crippen LogP contribution in [0.5, 0.6) is 0 Å². The maximum absolute atomic E-state index is 13.1. The SMILES string of the molecule is CCC1CN(c2ccccc2)CCN1C(=O)c1csc(-c2cnccn2)n1. The Morgan fingerprint density at radius 2 is 2.07 bits per heavy atom. The zero-order valence-electron chi connectivity index (χ0n) is 15.2. The second-order valence-electron chi connectivity index (χ2n) is 6.47. The van der Waals surface area contributed by atoms with Gasteiger partial charge in [0.25, 0.3) is 5.91 Å². The first-order valence-electron chi connectivity index (χ1n) is 9.09. The van der Waals surface area contributed by atoms with E-state index in [0.717, 1.165) is 24.5 Å². The summed E-state index contributed by atoms with van der Waals surface area (Å²) in [6.07, 6.45) is 5.84. The largest absolute Gasteiger partial charge is 0.368 e. The number of amides is 1. The third-order valence-electron chi connectivity index (χ3n) is 4.84. The van der Waals surface area contributed by atoms with Crippen molar-refractivity contribution >= 4 is 22.9 Å². The number of nitrogens with zero attached hydrogens (tertiary/aromatic N) is 5. The third-order valence-corrected chi connectivity index (χ3v) is 5.71. The van der Waals surface area contributed by atoms with Crippen LogP contribution in [-0.4, -0.2) is 51.4 Å². The lowest BCUT2D eigenvalue weighted by Gasteiger charge is -2.42. The van der Waals surface area contributed by atoms with Crippen LogP contribution in [0.15, 0.2) is 54.3 Å². The minimum Gasteiger partial charge on any atom is -0.368 e. The van der Waals surface area contributed by atoms with Crippen molar-refractivity contribution < 1.29 is 4.79 Å². The molecule has 0 N–H and O–H groups in total. The van der Waals surface area contributed by atoms with Crippen LogP contribution in [0.3, 0.4) is 0 Å². The predicted molar refractivity (Wildman–Crippen MR) is 107 cm³/mol. The van der Waals surface area contributed by atoms with Gasteiger partial charge in [-0.15, -0.1) is 11.3 Å². The van der Waals surface area contributed by atoms with Gasteiger partial charge in [-0.05, 0) is 18.6 Å². The van der Waals surface area contributed by atoms with Crippen LogP contribution in [0.25, 0.3) is 10.7 Å². The Morgan fingerprint density at radius 3 is 2.81 bits per heavy atom. The number of hydrogen-bond donors (Lipinski definition) is 0. The number of piperazine rings is 1. The summed E-state index contributed by atoms with van der Waals surface area (Å²) in [5, 5.41) is 2.55. The maximum atomic E-state index is 13.1. The van der Waals surface area contributed by atoms with Gasteiger partial charge in [0.1, 0.15) is 16.4 Å². The van der Waals surface area contributed by atoms with Gasteiger partial charge in [0.15, 0.2) is 0 Å². The highest BCUT2D eigenvalue weighted by atomic mass is 32.1. The molecule has 0 bridgehead atoms. The van der Waals surface area contributed by atoms with Crippen molar-refractivity contribution in [1.82, 2.24) is 19.9 Å². The van der Waals surface area contributed by atoms with E-state index < -0.39 is 0 Å². The molecule has 27 heavy (non-hydrogen) atoms. The molecule has 6 nitrogen and oxygen atoms in total. The van der Waals surface area contributed by atoms with Crippen LogP contribution in [-0.2, 0) is 0 Å². The fourth-order valence-electron chi connectivity index (χ4n) is 3.39. The average molecular weight is 379 g/mol. The molecular weight excluding hydrogens is 358 g/mol. The highest BCUT2D eigenvalue weighted by Crippen LogP contribution is 2.25. The number of carbonyl (C=O) groups is 1. The number of para-hydroxylation sites is 1. The minimum absolute atomic E-state index is 0.000881. The number of anilines is 1. The molecule has 1 atom stereocenters. The van der Waals surface area contributed by atoms with E-state index in [9.17, 15) is 4.79 Å². The van der Waals surface area contributed by atoms with Crippen molar-refractivity contribution in [1.29, 1.82) is 0 Å². The van der Waals surface area contributed by atoms with Crippen molar-refractivity contribution in [3.05, 3.63) is 60.0 Å². The van der Waals surface area contributed by atoms with Gasteiger partial charge in [0.05, 0.1) is 6.20 Å².